The summed E-state index contributed by atoms with van der Waals surface area (Å²) in [5.41, 5.74) is 1.19. The number of rotatable bonds is 7. The molecular weight excluding hydrogens is 240 g/mol. The molecule has 2 rings (SSSR count). The van der Waals surface area contributed by atoms with E-state index in [1.165, 1.54) is 25.1 Å². The zero-order valence-corrected chi connectivity index (χ0v) is 12.0. The van der Waals surface area contributed by atoms with E-state index in [1.807, 2.05) is 12.4 Å². The Balaban J connectivity index is 1.66. The second-order valence-corrected chi connectivity index (χ2v) is 5.71. The zero-order valence-electron chi connectivity index (χ0n) is 12.0. The van der Waals surface area contributed by atoms with Gasteiger partial charge in [0.15, 0.2) is 0 Å². The predicted octanol–water partition coefficient (Wildman–Crippen LogP) is 0.695. The number of aromatic nitrogens is 2. The van der Waals surface area contributed by atoms with Gasteiger partial charge in [0.25, 0.3) is 0 Å². The third kappa shape index (κ3) is 4.30. The molecule has 108 valence electrons. The maximum atomic E-state index is 8.84. The molecule has 5 nitrogen and oxygen atoms in total. The molecule has 0 amide bonds. The molecule has 0 aromatic carbocycles. The Labute approximate surface area is 115 Å². The molecule has 1 saturated heterocycles. The summed E-state index contributed by atoms with van der Waals surface area (Å²) < 4.78 is 1.78. The number of nitrogens with one attached hydrogen (secondary N) is 1. The minimum Gasteiger partial charge on any atom is -0.394 e. The highest BCUT2D eigenvalue weighted by molar-refractivity contribution is 5.03. The van der Waals surface area contributed by atoms with Gasteiger partial charge in [0, 0.05) is 30.9 Å². The van der Waals surface area contributed by atoms with Crippen LogP contribution in [0.3, 0.4) is 0 Å². The van der Waals surface area contributed by atoms with Gasteiger partial charge >= 0.3 is 0 Å². The van der Waals surface area contributed by atoms with Gasteiger partial charge in [-0.05, 0) is 39.3 Å². The van der Waals surface area contributed by atoms with Crippen molar-refractivity contribution in [2.75, 3.05) is 26.2 Å². The molecule has 1 atom stereocenters. The fourth-order valence-corrected chi connectivity index (χ4v) is 2.64. The van der Waals surface area contributed by atoms with E-state index >= 15 is 0 Å². The van der Waals surface area contributed by atoms with E-state index < -0.39 is 0 Å². The summed E-state index contributed by atoms with van der Waals surface area (Å²) in [5, 5.41) is 16.6. The van der Waals surface area contributed by atoms with Crippen LogP contribution in [0.5, 0.6) is 0 Å². The van der Waals surface area contributed by atoms with Crippen molar-refractivity contribution in [1.29, 1.82) is 0 Å². The Kier molecular flexibility index (Phi) is 5.36. The largest absolute Gasteiger partial charge is 0.394 e. The van der Waals surface area contributed by atoms with Gasteiger partial charge < -0.3 is 15.3 Å². The number of aliphatic hydroxyl groups is 1. The van der Waals surface area contributed by atoms with Crippen LogP contribution in [-0.2, 0) is 13.1 Å². The summed E-state index contributed by atoms with van der Waals surface area (Å²) in [7, 11) is 0. The smallest absolute Gasteiger partial charge is 0.0640 e. The van der Waals surface area contributed by atoms with E-state index in [1.54, 1.807) is 4.68 Å². The van der Waals surface area contributed by atoms with Gasteiger partial charge in [-0.2, -0.15) is 5.10 Å². The standard InChI is InChI=1S/C14H26N4O/c1-12(2)17-4-3-13(10-17)7-15-8-14-9-16-18(11-14)5-6-19/h9,11-13,15,19H,3-8,10H2,1-2H3. The topological polar surface area (TPSA) is 53.3 Å². The normalized spacial score (nSPS) is 20.5. The van der Waals surface area contributed by atoms with Gasteiger partial charge in [0.1, 0.15) is 0 Å². The molecule has 0 spiro atoms. The first-order chi connectivity index (χ1) is 9.19. The van der Waals surface area contributed by atoms with E-state index in [0.717, 1.165) is 19.0 Å². The first kappa shape index (κ1) is 14.5. The highest BCUT2D eigenvalue weighted by Gasteiger charge is 2.23. The summed E-state index contributed by atoms with van der Waals surface area (Å²) in [4.78, 5) is 2.55. The summed E-state index contributed by atoms with van der Waals surface area (Å²) >= 11 is 0. The highest BCUT2D eigenvalue weighted by atomic mass is 16.3. The molecule has 5 heteroatoms. The maximum absolute atomic E-state index is 8.84. The van der Waals surface area contributed by atoms with Crippen molar-refractivity contribution in [3.05, 3.63) is 18.0 Å². The van der Waals surface area contributed by atoms with Crippen molar-refractivity contribution < 1.29 is 5.11 Å². The van der Waals surface area contributed by atoms with Crippen molar-refractivity contribution in [3.8, 4) is 0 Å². The summed E-state index contributed by atoms with van der Waals surface area (Å²) in [6.07, 6.45) is 5.17. The Morgan fingerprint density at radius 1 is 1.53 bits per heavy atom. The number of hydrogen-bond acceptors (Lipinski definition) is 4. The van der Waals surface area contributed by atoms with Crippen molar-refractivity contribution in [2.24, 2.45) is 5.92 Å². The van der Waals surface area contributed by atoms with E-state index in [-0.39, 0.29) is 6.61 Å². The summed E-state index contributed by atoms with van der Waals surface area (Å²) in [5.74, 6) is 0.773. The Hall–Kier alpha value is -0.910. The highest BCUT2D eigenvalue weighted by Crippen LogP contribution is 2.17. The van der Waals surface area contributed by atoms with Crippen LogP contribution in [0.4, 0.5) is 0 Å². The lowest BCUT2D eigenvalue weighted by atomic mass is 10.1. The van der Waals surface area contributed by atoms with Crippen molar-refractivity contribution in [3.63, 3.8) is 0 Å². The Bertz CT molecular complexity index is 377. The van der Waals surface area contributed by atoms with Crippen molar-refractivity contribution in [2.45, 2.75) is 39.4 Å². The average molecular weight is 266 g/mol. The average Bonchev–Trinajstić information content (AvgIpc) is 2.99. The van der Waals surface area contributed by atoms with Gasteiger partial charge in [0.05, 0.1) is 19.3 Å². The third-order valence-electron chi connectivity index (χ3n) is 3.83. The van der Waals surface area contributed by atoms with Gasteiger partial charge in [0.2, 0.25) is 0 Å². The third-order valence-corrected chi connectivity index (χ3v) is 3.83. The van der Waals surface area contributed by atoms with E-state index in [4.69, 9.17) is 5.11 Å². The van der Waals surface area contributed by atoms with Gasteiger partial charge in [-0.25, -0.2) is 0 Å². The molecule has 1 aliphatic rings. The molecule has 1 unspecified atom stereocenters. The summed E-state index contributed by atoms with van der Waals surface area (Å²) in [6, 6.07) is 0.668. The molecule has 1 aromatic heterocycles. The molecule has 0 saturated carbocycles. The first-order valence-corrected chi connectivity index (χ1v) is 7.26. The van der Waals surface area contributed by atoms with E-state index in [0.29, 0.717) is 12.6 Å². The minimum atomic E-state index is 0.141. The Morgan fingerprint density at radius 2 is 2.37 bits per heavy atom. The Morgan fingerprint density at radius 3 is 3.05 bits per heavy atom. The lowest BCUT2D eigenvalue weighted by Gasteiger charge is -2.20. The molecule has 0 radical (unpaired) electrons. The summed E-state index contributed by atoms with van der Waals surface area (Å²) in [6.45, 7) is 9.65. The fourth-order valence-electron chi connectivity index (χ4n) is 2.64. The molecule has 2 heterocycles. The van der Waals surface area contributed by atoms with Crippen LogP contribution in [-0.4, -0.2) is 52.1 Å². The molecule has 1 aliphatic heterocycles. The van der Waals surface area contributed by atoms with Gasteiger partial charge in [-0.15, -0.1) is 0 Å². The van der Waals surface area contributed by atoms with Crippen molar-refractivity contribution in [1.82, 2.24) is 20.0 Å². The number of nitrogens with zero attached hydrogens (tertiary/aromatic N) is 3. The number of likely N-dealkylation sites (tertiary alicyclic amines) is 1. The molecular formula is C14H26N4O. The first-order valence-electron chi connectivity index (χ1n) is 7.26. The van der Waals surface area contributed by atoms with Crippen LogP contribution in [0.15, 0.2) is 12.4 Å². The van der Waals surface area contributed by atoms with Crippen LogP contribution in [0.1, 0.15) is 25.8 Å². The van der Waals surface area contributed by atoms with Gasteiger partial charge in [-0.3, -0.25) is 4.68 Å². The van der Waals surface area contributed by atoms with Crippen LogP contribution < -0.4 is 5.32 Å². The number of aliphatic hydroxyl groups excluding tert-OH is 1. The SMILES string of the molecule is CC(C)N1CCC(CNCc2cnn(CCO)c2)C1. The molecule has 1 fully saturated rings. The number of hydrogen-bond donors (Lipinski definition) is 2. The van der Waals surface area contributed by atoms with Crippen LogP contribution >= 0.6 is 0 Å². The molecule has 0 bridgehead atoms. The molecule has 0 aliphatic carbocycles. The maximum Gasteiger partial charge on any atom is 0.0640 e. The monoisotopic (exact) mass is 266 g/mol. The molecule has 19 heavy (non-hydrogen) atoms. The second-order valence-electron chi connectivity index (χ2n) is 5.71. The fraction of sp³-hybridized carbons (Fsp3) is 0.786. The minimum absolute atomic E-state index is 0.141. The predicted molar refractivity (Wildman–Crippen MR) is 75.8 cm³/mol. The van der Waals surface area contributed by atoms with E-state index in [9.17, 15) is 0 Å². The molecule has 2 N–H and O–H groups in total. The van der Waals surface area contributed by atoms with Crippen LogP contribution in [0.2, 0.25) is 0 Å². The van der Waals surface area contributed by atoms with Crippen molar-refractivity contribution >= 4 is 0 Å². The lowest BCUT2D eigenvalue weighted by molar-refractivity contribution is 0.264. The van der Waals surface area contributed by atoms with Crippen LogP contribution in [0.25, 0.3) is 0 Å². The quantitative estimate of drug-likeness (QED) is 0.762. The zero-order chi connectivity index (χ0) is 13.7. The van der Waals surface area contributed by atoms with E-state index in [2.05, 4.69) is 29.2 Å². The van der Waals surface area contributed by atoms with Crippen LogP contribution in [0, 0.1) is 5.92 Å². The molecule has 1 aromatic rings. The lowest BCUT2D eigenvalue weighted by Crippen LogP contribution is -2.30. The second kappa shape index (κ2) is 7.03. The van der Waals surface area contributed by atoms with Gasteiger partial charge in [-0.1, -0.05) is 0 Å².